The van der Waals surface area contributed by atoms with Crippen molar-refractivity contribution < 1.29 is 34.8 Å². The Morgan fingerprint density at radius 2 is 0.956 bits per heavy atom. The Bertz CT molecular complexity index is 1150. The molecule has 2 aliphatic rings. The fourth-order valence-electron chi connectivity index (χ4n) is 7.24. The summed E-state index contributed by atoms with van der Waals surface area (Å²) in [7, 11) is 8.02. The summed E-state index contributed by atoms with van der Waals surface area (Å²) in [5, 5.41) is 19.8. The zero-order valence-electron chi connectivity index (χ0n) is 27.3. The van der Waals surface area contributed by atoms with Gasteiger partial charge in [-0.25, -0.2) is 9.59 Å². The minimum atomic E-state index is -0.717. The van der Waals surface area contributed by atoms with Crippen LogP contribution in [0, 0.1) is 0 Å². The van der Waals surface area contributed by atoms with Gasteiger partial charge in [0.25, 0.3) is 0 Å². The standard InChI is InChI=1S/C36H50N2O6.H2O/c1-37(2)25-31(27-11-15-29(39)16-12-27)35(21-7-5-8-22-35)43-33(41)19-20-34(42)44-36(23-9-6-10-24-36)32(26-38(3)4)28-13-17-30(40)18-14-28;/h11-20,31-32,39-40H,5-10,21-26H2,1-4H3;1H2/b20-19+;. The Kier molecular flexibility index (Phi) is 13.0. The van der Waals surface area contributed by atoms with Crippen LogP contribution in [0.4, 0.5) is 0 Å². The summed E-state index contributed by atoms with van der Waals surface area (Å²) in [6.07, 6.45) is 11.4. The van der Waals surface area contributed by atoms with E-state index in [0.717, 1.165) is 75.3 Å². The zero-order chi connectivity index (χ0) is 31.7. The highest BCUT2D eigenvalue weighted by molar-refractivity contribution is 5.92. The van der Waals surface area contributed by atoms with Gasteiger partial charge in [-0.05, 0) is 115 Å². The van der Waals surface area contributed by atoms with Crippen LogP contribution < -0.4 is 0 Å². The number of benzene rings is 2. The van der Waals surface area contributed by atoms with Gasteiger partial charge < -0.3 is 35.0 Å². The molecule has 4 N–H and O–H groups in total. The van der Waals surface area contributed by atoms with Crippen LogP contribution in [-0.2, 0) is 19.1 Å². The highest BCUT2D eigenvalue weighted by Gasteiger charge is 2.45. The van der Waals surface area contributed by atoms with E-state index in [2.05, 4.69) is 9.80 Å². The van der Waals surface area contributed by atoms with E-state index in [0.29, 0.717) is 13.1 Å². The highest BCUT2D eigenvalue weighted by Crippen LogP contribution is 2.45. The number of hydrogen-bond donors (Lipinski definition) is 2. The van der Waals surface area contributed by atoms with E-state index in [1.165, 1.54) is 12.2 Å². The number of rotatable bonds is 12. The van der Waals surface area contributed by atoms with E-state index in [1.807, 2.05) is 52.5 Å². The molecule has 2 atom stereocenters. The summed E-state index contributed by atoms with van der Waals surface area (Å²) in [6.45, 7) is 1.35. The zero-order valence-corrected chi connectivity index (χ0v) is 27.3. The molecule has 0 heterocycles. The Labute approximate surface area is 268 Å². The van der Waals surface area contributed by atoms with Crippen LogP contribution in [0.25, 0.3) is 0 Å². The van der Waals surface area contributed by atoms with E-state index in [1.54, 1.807) is 24.3 Å². The third-order valence-corrected chi connectivity index (χ3v) is 9.32. The first kappa shape index (κ1) is 36.1. The Hall–Kier alpha value is -3.40. The highest BCUT2D eigenvalue weighted by atomic mass is 16.6. The molecule has 0 bridgehead atoms. The molecule has 2 fully saturated rings. The minimum Gasteiger partial charge on any atom is -0.508 e. The Morgan fingerprint density at radius 3 is 1.24 bits per heavy atom. The molecular formula is C36H52N2O7. The summed E-state index contributed by atoms with van der Waals surface area (Å²) >= 11 is 0. The lowest BCUT2D eigenvalue weighted by molar-refractivity contribution is -0.164. The van der Waals surface area contributed by atoms with Crippen molar-refractivity contribution in [2.75, 3.05) is 41.3 Å². The predicted molar refractivity (Wildman–Crippen MR) is 175 cm³/mol. The van der Waals surface area contributed by atoms with Crippen LogP contribution in [0.3, 0.4) is 0 Å². The molecule has 0 aliphatic heterocycles. The van der Waals surface area contributed by atoms with Gasteiger partial charge in [0.05, 0.1) is 0 Å². The van der Waals surface area contributed by atoms with E-state index < -0.39 is 23.1 Å². The van der Waals surface area contributed by atoms with Crippen LogP contribution in [0.15, 0.2) is 60.7 Å². The minimum absolute atomic E-state index is 0. The second-order valence-corrected chi connectivity index (χ2v) is 13.2. The van der Waals surface area contributed by atoms with Crippen molar-refractivity contribution in [2.24, 2.45) is 0 Å². The molecule has 4 rings (SSSR count). The number of ether oxygens (including phenoxy) is 2. The van der Waals surface area contributed by atoms with Gasteiger partial charge in [-0.1, -0.05) is 37.1 Å². The first-order valence-corrected chi connectivity index (χ1v) is 16.0. The van der Waals surface area contributed by atoms with Crippen molar-refractivity contribution in [3.05, 3.63) is 71.8 Å². The third kappa shape index (κ3) is 9.55. The number of phenols is 2. The Morgan fingerprint density at radius 1 is 0.644 bits per heavy atom. The molecular weight excluding hydrogens is 572 g/mol. The van der Waals surface area contributed by atoms with Crippen molar-refractivity contribution in [1.29, 1.82) is 0 Å². The second-order valence-electron chi connectivity index (χ2n) is 13.2. The number of carbonyl (C=O) groups is 2. The number of likely N-dealkylation sites (N-methyl/N-ethyl adjacent to an activating group) is 2. The molecule has 2 aromatic carbocycles. The van der Waals surface area contributed by atoms with Gasteiger partial charge in [-0.15, -0.1) is 0 Å². The number of phenolic OH excluding ortho intramolecular Hbond substituents is 2. The van der Waals surface area contributed by atoms with Gasteiger partial charge >= 0.3 is 11.9 Å². The molecule has 2 unspecified atom stereocenters. The molecule has 2 saturated carbocycles. The van der Waals surface area contributed by atoms with Crippen molar-refractivity contribution >= 4 is 11.9 Å². The van der Waals surface area contributed by atoms with Crippen LogP contribution in [0.2, 0.25) is 0 Å². The fourth-order valence-corrected chi connectivity index (χ4v) is 7.24. The SMILES string of the molecule is CN(C)CC(c1ccc(O)cc1)C1(OC(=O)/C=C/C(=O)OC2(C(CN(C)C)c3ccc(O)cc3)CCCCC2)CCCCC1.O. The van der Waals surface area contributed by atoms with Gasteiger partial charge in [0, 0.05) is 37.1 Å². The molecule has 0 radical (unpaired) electrons. The van der Waals surface area contributed by atoms with E-state index in [9.17, 15) is 19.8 Å². The fraction of sp³-hybridized carbons (Fsp3) is 0.556. The summed E-state index contributed by atoms with van der Waals surface area (Å²) in [5.41, 5.74) is 0.584. The lowest BCUT2D eigenvalue weighted by atomic mass is 9.72. The summed E-state index contributed by atoms with van der Waals surface area (Å²) in [6, 6.07) is 14.3. The molecule has 0 saturated heterocycles. The molecule has 2 aliphatic carbocycles. The lowest BCUT2D eigenvalue weighted by Gasteiger charge is -2.44. The van der Waals surface area contributed by atoms with Gasteiger partial charge in [-0.2, -0.15) is 0 Å². The monoisotopic (exact) mass is 624 g/mol. The van der Waals surface area contributed by atoms with E-state index >= 15 is 0 Å². The molecule has 2 aromatic rings. The Balaban J connectivity index is 0.00000552. The number of nitrogens with zero attached hydrogens (tertiary/aromatic N) is 2. The first-order valence-electron chi connectivity index (χ1n) is 16.0. The summed E-state index contributed by atoms with van der Waals surface area (Å²) in [4.78, 5) is 31.0. The van der Waals surface area contributed by atoms with Crippen molar-refractivity contribution in [1.82, 2.24) is 9.80 Å². The van der Waals surface area contributed by atoms with E-state index in [-0.39, 0.29) is 28.8 Å². The summed E-state index contributed by atoms with van der Waals surface area (Å²) in [5.74, 6) is -0.888. The number of esters is 2. The van der Waals surface area contributed by atoms with Gasteiger partial charge in [0.2, 0.25) is 0 Å². The van der Waals surface area contributed by atoms with Crippen LogP contribution in [-0.4, -0.2) is 89.9 Å². The number of hydrogen-bond acceptors (Lipinski definition) is 8. The molecule has 0 aromatic heterocycles. The molecule has 0 spiro atoms. The van der Waals surface area contributed by atoms with Gasteiger partial charge in [0.15, 0.2) is 0 Å². The molecule has 9 heteroatoms. The molecule has 248 valence electrons. The van der Waals surface area contributed by atoms with Crippen molar-refractivity contribution in [2.45, 2.75) is 87.2 Å². The molecule has 9 nitrogen and oxygen atoms in total. The second kappa shape index (κ2) is 16.2. The quantitative estimate of drug-likeness (QED) is 0.240. The maximum Gasteiger partial charge on any atom is 0.331 e. The topological polar surface area (TPSA) is 131 Å². The maximum atomic E-state index is 13.4. The summed E-state index contributed by atoms with van der Waals surface area (Å²) < 4.78 is 12.6. The van der Waals surface area contributed by atoms with Gasteiger partial charge in [0.1, 0.15) is 22.7 Å². The van der Waals surface area contributed by atoms with Gasteiger partial charge in [-0.3, -0.25) is 0 Å². The van der Waals surface area contributed by atoms with Crippen LogP contribution in [0.1, 0.15) is 87.2 Å². The lowest BCUT2D eigenvalue weighted by Crippen LogP contribution is -2.46. The average molecular weight is 625 g/mol. The molecule has 0 amide bonds. The predicted octanol–water partition coefficient (Wildman–Crippen LogP) is 5.31. The number of aromatic hydroxyl groups is 2. The van der Waals surface area contributed by atoms with Crippen LogP contribution >= 0.6 is 0 Å². The largest absolute Gasteiger partial charge is 0.508 e. The smallest absolute Gasteiger partial charge is 0.331 e. The van der Waals surface area contributed by atoms with E-state index in [4.69, 9.17) is 9.47 Å². The van der Waals surface area contributed by atoms with Crippen molar-refractivity contribution in [3.8, 4) is 11.5 Å². The molecule has 45 heavy (non-hydrogen) atoms. The van der Waals surface area contributed by atoms with Crippen LogP contribution in [0.5, 0.6) is 11.5 Å². The maximum absolute atomic E-state index is 13.4. The third-order valence-electron chi connectivity index (χ3n) is 9.32. The average Bonchev–Trinajstić information content (AvgIpc) is 2.99. The number of carbonyl (C=O) groups excluding carboxylic acids is 2. The normalized spacial score (nSPS) is 19.1. The first-order chi connectivity index (χ1) is 21.0. The van der Waals surface area contributed by atoms with Crippen molar-refractivity contribution in [3.63, 3.8) is 0 Å².